The Morgan fingerprint density at radius 1 is 0.763 bits per heavy atom. The van der Waals surface area contributed by atoms with E-state index in [9.17, 15) is 9.59 Å². The number of benzene rings is 1. The molecular formula is C50H63N7O2. The molecule has 2 amide bonds. The Morgan fingerprint density at radius 3 is 2.07 bits per heavy atom. The molecule has 0 aliphatic carbocycles. The molecule has 4 aromatic heterocycles. The summed E-state index contributed by atoms with van der Waals surface area (Å²) in [7, 11) is 2.05. The SMILES string of the molecule is CCc1c(C)c2cc3[nH]c(cc4nc(c(C)c5nc(cc1[nH]2)C(C)=C5)[C@@H](CCC(=O)NCCCCCCNC(=O)CCc1cn(C)c2ccccc12)[C@@H]4C)c(C)c3CC. The molecule has 0 saturated carbocycles. The standard InChI is InChI=1S/C50H63N7O2/c1-9-36-32(5)43-28-46-37(10-2)31(4)42(54-46)27-44-33(6)38(50(56-44)34(7)41-25-30(3)40(53-41)26-45(36)55-43)20-22-49(59)52-24-16-12-11-15-23-51-48(58)21-19-35-29-57(8)47-18-14-13-17-39(35)47/h13-14,17-18,25-29,33,38,54-55H,9-12,15-16,19-24H2,1-8H3,(H,51,58)(H,52,59)/t33-,38-/m0/s1. The minimum Gasteiger partial charge on any atom is -0.356 e. The third-order valence-electron chi connectivity index (χ3n) is 12.9. The van der Waals surface area contributed by atoms with Crippen molar-refractivity contribution in [3.63, 3.8) is 0 Å². The van der Waals surface area contributed by atoms with Gasteiger partial charge in [0, 0.05) is 95.4 Å². The molecule has 0 radical (unpaired) electrons. The van der Waals surface area contributed by atoms with Gasteiger partial charge < -0.3 is 25.2 Å². The largest absolute Gasteiger partial charge is 0.356 e. The molecular weight excluding hydrogens is 731 g/mol. The molecule has 2 atom stereocenters. The van der Waals surface area contributed by atoms with Gasteiger partial charge in [-0.2, -0.15) is 0 Å². The van der Waals surface area contributed by atoms with Crippen LogP contribution in [0.4, 0.5) is 0 Å². The highest BCUT2D eigenvalue weighted by Crippen LogP contribution is 2.42. The van der Waals surface area contributed by atoms with Gasteiger partial charge in [-0.15, -0.1) is 0 Å². The smallest absolute Gasteiger partial charge is 0.220 e. The molecule has 310 valence electrons. The summed E-state index contributed by atoms with van der Waals surface area (Å²) in [6.45, 7) is 16.7. The van der Waals surface area contributed by atoms with Crippen LogP contribution in [0.25, 0.3) is 44.6 Å². The number of para-hydroxylation sites is 1. The predicted octanol–water partition coefficient (Wildman–Crippen LogP) is 10.5. The number of allylic oxidation sites excluding steroid dienone is 1. The fraction of sp³-hybridized carbons (Fsp3) is 0.440. The first-order valence-corrected chi connectivity index (χ1v) is 21.9. The fourth-order valence-corrected chi connectivity index (χ4v) is 9.31. The van der Waals surface area contributed by atoms with E-state index in [0.717, 1.165) is 101 Å². The number of aromatic nitrogens is 5. The third-order valence-corrected chi connectivity index (χ3v) is 12.9. The van der Waals surface area contributed by atoms with Crippen LogP contribution in [0.15, 0.2) is 48.7 Å². The highest BCUT2D eigenvalue weighted by atomic mass is 16.2. The minimum absolute atomic E-state index is 0.0859. The highest BCUT2D eigenvalue weighted by molar-refractivity contribution is 5.86. The number of carbonyl (C=O) groups excluding carboxylic acids is 2. The normalized spacial score (nSPS) is 15.2. The Morgan fingerprint density at radius 2 is 1.39 bits per heavy atom. The van der Waals surface area contributed by atoms with Crippen molar-refractivity contribution in [3.05, 3.63) is 105 Å². The number of H-pyrrole nitrogens is 2. The number of hydrogen-bond donors (Lipinski definition) is 4. The van der Waals surface area contributed by atoms with Crippen molar-refractivity contribution in [3.8, 4) is 0 Å². The molecule has 0 saturated heterocycles. The maximum Gasteiger partial charge on any atom is 0.220 e. The Balaban J connectivity index is 0.971. The zero-order valence-electron chi connectivity index (χ0n) is 36.5. The van der Waals surface area contributed by atoms with E-state index >= 15 is 0 Å². The Hall–Kier alpha value is -5.44. The molecule has 0 fully saturated rings. The van der Waals surface area contributed by atoms with Gasteiger partial charge in [-0.3, -0.25) is 14.6 Å². The number of nitrogens with one attached hydrogen (secondary N) is 4. The van der Waals surface area contributed by atoms with Crippen LogP contribution in [0.3, 0.4) is 0 Å². The zero-order valence-corrected chi connectivity index (χ0v) is 36.5. The van der Waals surface area contributed by atoms with Gasteiger partial charge in [0.25, 0.3) is 0 Å². The summed E-state index contributed by atoms with van der Waals surface area (Å²) >= 11 is 0. The van der Waals surface area contributed by atoms with Crippen LogP contribution in [-0.4, -0.2) is 49.4 Å². The second-order valence-corrected chi connectivity index (χ2v) is 16.8. The lowest BCUT2D eigenvalue weighted by Gasteiger charge is -2.17. The summed E-state index contributed by atoms with van der Waals surface area (Å²) in [5.74, 6) is 0.428. The van der Waals surface area contributed by atoms with Crippen molar-refractivity contribution < 1.29 is 9.59 Å². The summed E-state index contributed by atoms with van der Waals surface area (Å²) in [5, 5.41) is 7.49. The van der Waals surface area contributed by atoms with Gasteiger partial charge in [0.15, 0.2) is 0 Å². The molecule has 59 heavy (non-hydrogen) atoms. The molecule has 8 bridgehead atoms. The molecule has 2 aliphatic heterocycles. The number of amides is 2. The van der Waals surface area contributed by atoms with Gasteiger partial charge in [0.1, 0.15) is 0 Å². The van der Waals surface area contributed by atoms with Gasteiger partial charge >= 0.3 is 0 Å². The summed E-state index contributed by atoms with van der Waals surface area (Å²) in [5.41, 5.74) is 18.2. The molecule has 5 aromatic rings. The molecule has 9 heteroatoms. The summed E-state index contributed by atoms with van der Waals surface area (Å²) < 4.78 is 2.13. The monoisotopic (exact) mass is 794 g/mol. The molecule has 7 rings (SSSR count). The molecule has 2 aliphatic rings. The van der Waals surface area contributed by atoms with Gasteiger partial charge in [-0.05, 0) is 136 Å². The van der Waals surface area contributed by atoms with Gasteiger partial charge in [-0.1, -0.05) is 51.8 Å². The lowest BCUT2D eigenvalue weighted by Crippen LogP contribution is -2.25. The number of carbonyl (C=O) groups is 2. The fourth-order valence-electron chi connectivity index (χ4n) is 9.31. The Bertz CT molecular complexity index is 2570. The number of nitrogens with zero attached hydrogens (tertiary/aromatic N) is 3. The van der Waals surface area contributed by atoms with Crippen molar-refractivity contribution in [1.82, 2.24) is 35.1 Å². The van der Waals surface area contributed by atoms with E-state index in [1.165, 1.54) is 38.7 Å². The zero-order chi connectivity index (χ0) is 41.8. The van der Waals surface area contributed by atoms with E-state index in [0.29, 0.717) is 32.4 Å². The average molecular weight is 794 g/mol. The van der Waals surface area contributed by atoms with Gasteiger partial charge in [0.2, 0.25) is 11.8 Å². The summed E-state index contributed by atoms with van der Waals surface area (Å²) in [6, 6.07) is 15.0. The van der Waals surface area contributed by atoms with E-state index in [-0.39, 0.29) is 23.7 Å². The van der Waals surface area contributed by atoms with Crippen LogP contribution < -0.4 is 10.6 Å². The van der Waals surface area contributed by atoms with Crippen LogP contribution in [0, 0.1) is 20.8 Å². The Kier molecular flexibility index (Phi) is 12.9. The van der Waals surface area contributed by atoms with E-state index in [1.807, 2.05) is 6.07 Å². The number of aromatic amines is 2. The van der Waals surface area contributed by atoms with Gasteiger partial charge in [0.05, 0.1) is 11.4 Å². The number of hydrogen-bond acceptors (Lipinski definition) is 4. The van der Waals surface area contributed by atoms with E-state index in [1.54, 1.807) is 0 Å². The van der Waals surface area contributed by atoms with Crippen LogP contribution in [0.2, 0.25) is 0 Å². The van der Waals surface area contributed by atoms with Gasteiger partial charge in [-0.25, -0.2) is 4.98 Å². The van der Waals surface area contributed by atoms with Crippen molar-refractivity contribution in [2.75, 3.05) is 13.1 Å². The van der Waals surface area contributed by atoms with Crippen molar-refractivity contribution in [1.29, 1.82) is 0 Å². The lowest BCUT2D eigenvalue weighted by molar-refractivity contribution is -0.122. The first-order chi connectivity index (χ1) is 28.5. The topological polar surface area (TPSA) is 120 Å². The summed E-state index contributed by atoms with van der Waals surface area (Å²) in [6.07, 6.45) is 12.5. The maximum absolute atomic E-state index is 13.2. The molecule has 6 heterocycles. The predicted molar refractivity (Wildman–Crippen MR) is 244 cm³/mol. The number of aryl methyl sites for hydroxylation is 6. The maximum atomic E-state index is 13.2. The van der Waals surface area contributed by atoms with E-state index in [2.05, 4.69) is 129 Å². The van der Waals surface area contributed by atoms with Crippen molar-refractivity contribution >= 4 is 56.4 Å². The van der Waals surface area contributed by atoms with Crippen molar-refractivity contribution in [2.45, 2.75) is 125 Å². The third kappa shape index (κ3) is 8.94. The summed E-state index contributed by atoms with van der Waals surface area (Å²) in [4.78, 5) is 43.8. The lowest BCUT2D eigenvalue weighted by atomic mass is 9.85. The second-order valence-electron chi connectivity index (χ2n) is 16.8. The second kappa shape index (κ2) is 18.2. The number of unbranched alkanes of at least 4 members (excludes halogenated alkanes) is 3. The molecule has 9 nitrogen and oxygen atoms in total. The number of rotatable bonds is 15. The van der Waals surface area contributed by atoms with Crippen LogP contribution >= 0.6 is 0 Å². The molecule has 0 unspecified atom stereocenters. The van der Waals surface area contributed by atoms with E-state index in [4.69, 9.17) is 9.97 Å². The molecule has 4 N–H and O–H groups in total. The van der Waals surface area contributed by atoms with E-state index < -0.39 is 0 Å². The van der Waals surface area contributed by atoms with Crippen LogP contribution in [0.5, 0.6) is 0 Å². The number of fused-ring (bicyclic) bond motifs is 9. The quantitative estimate of drug-likeness (QED) is 0.0789. The molecule has 0 spiro atoms. The Labute approximate surface area is 349 Å². The average Bonchev–Trinajstić information content (AvgIpc) is 4.00. The van der Waals surface area contributed by atoms with Crippen molar-refractivity contribution in [2.24, 2.45) is 7.05 Å². The first-order valence-electron chi connectivity index (χ1n) is 21.9. The minimum atomic E-state index is 0.0859. The first kappa shape index (κ1) is 41.7. The van der Waals surface area contributed by atoms with Crippen LogP contribution in [-0.2, 0) is 35.9 Å². The molecule has 1 aromatic carbocycles. The highest BCUT2D eigenvalue weighted by Gasteiger charge is 2.31. The van der Waals surface area contributed by atoms with Crippen LogP contribution in [0.1, 0.15) is 141 Å².